The molecule has 1 aliphatic heterocycles. The van der Waals surface area contributed by atoms with Crippen molar-refractivity contribution in [2.45, 2.75) is 12.4 Å². The molecule has 0 aliphatic carbocycles. The molecule has 0 spiro atoms. The lowest BCUT2D eigenvalue weighted by atomic mass is 10.1. The van der Waals surface area contributed by atoms with Crippen LogP contribution in [0.25, 0.3) is 0 Å². The summed E-state index contributed by atoms with van der Waals surface area (Å²) in [5.74, 6) is 0.662. The Morgan fingerprint density at radius 1 is 0.778 bits per heavy atom. The van der Waals surface area contributed by atoms with Crippen molar-refractivity contribution in [3.63, 3.8) is 0 Å². The molecular formula is C16H14O2. The van der Waals surface area contributed by atoms with Gasteiger partial charge < -0.3 is 9.47 Å². The molecule has 1 heterocycles. The predicted octanol–water partition coefficient (Wildman–Crippen LogP) is 3.99. The Kier molecular flexibility index (Phi) is 2.87. The van der Waals surface area contributed by atoms with E-state index in [1.165, 1.54) is 0 Å². The standard InChI is InChI=1S/C16H14O2/c1-12-15(13-8-4-2-5-9-13)18-16(17-12)14-10-6-3-7-11-14/h2-11,15-16H,1H2. The lowest BCUT2D eigenvalue weighted by Crippen LogP contribution is -2.00. The van der Waals surface area contributed by atoms with Crippen LogP contribution in [0.2, 0.25) is 0 Å². The van der Waals surface area contributed by atoms with E-state index in [1.54, 1.807) is 0 Å². The number of ether oxygens (including phenoxy) is 2. The Morgan fingerprint density at radius 3 is 1.94 bits per heavy atom. The Bertz CT molecular complexity index is 534. The topological polar surface area (TPSA) is 18.5 Å². The van der Waals surface area contributed by atoms with Gasteiger partial charge in [0.2, 0.25) is 6.29 Å². The minimum absolute atomic E-state index is 0.184. The summed E-state index contributed by atoms with van der Waals surface area (Å²) in [6, 6.07) is 19.9. The molecule has 0 radical (unpaired) electrons. The molecular weight excluding hydrogens is 224 g/mol. The van der Waals surface area contributed by atoms with Crippen molar-refractivity contribution >= 4 is 0 Å². The van der Waals surface area contributed by atoms with Gasteiger partial charge >= 0.3 is 0 Å². The van der Waals surface area contributed by atoms with Gasteiger partial charge in [-0.3, -0.25) is 0 Å². The van der Waals surface area contributed by atoms with E-state index < -0.39 is 0 Å². The summed E-state index contributed by atoms with van der Waals surface area (Å²) >= 11 is 0. The normalized spacial score (nSPS) is 22.8. The number of hydrogen-bond donors (Lipinski definition) is 0. The lowest BCUT2D eigenvalue weighted by molar-refractivity contribution is -0.0560. The van der Waals surface area contributed by atoms with Crippen LogP contribution in [0.1, 0.15) is 23.5 Å². The second-order valence-electron chi connectivity index (χ2n) is 4.25. The third-order valence-electron chi connectivity index (χ3n) is 2.98. The van der Waals surface area contributed by atoms with Crippen molar-refractivity contribution in [1.82, 2.24) is 0 Å². The van der Waals surface area contributed by atoms with E-state index in [1.807, 2.05) is 60.7 Å². The first-order valence-corrected chi connectivity index (χ1v) is 5.95. The van der Waals surface area contributed by atoms with Gasteiger partial charge in [0.15, 0.2) is 0 Å². The third-order valence-corrected chi connectivity index (χ3v) is 2.98. The number of hydrogen-bond acceptors (Lipinski definition) is 2. The number of benzene rings is 2. The molecule has 1 fully saturated rings. The van der Waals surface area contributed by atoms with E-state index >= 15 is 0 Å². The average Bonchev–Trinajstić information content (AvgIpc) is 2.83. The van der Waals surface area contributed by atoms with Crippen LogP contribution in [-0.2, 0) is 9.47 Å². The van der Waals surface area contributed by atoms with Gasteiger partial charge in [-0.1, -0.05) is 67.2 Å². The van der Waals surface area contributed by atoms with E-state index in [9.17, 15) is 0 Å². The Balaban J connectivity index is 1.83. The molecule has 3 rings (SSSR count). The fourth-order valence-corrected chi connectivity index (χ4v) is 2.08. The summed E-state index contributed by atoms with van der Waals surface area (Å²) in [4.78, 5) is 0. The molecule has 2 heteroatoms. The molecule has 2 unspecified atom stereocenters. The van der Waals surface area contributed by atoms with Gasteiger partial charge in [-0.2, -0.15) is 0 Å². The van der Waals surface area contributed by atoms with Gasteiger partial charge in [-0.25, -0.2) is 0 Å². The number of rotatable bonds is 2. The summed E-state index contributed by atoms with van der Waals surface area (Å²) in [5.41, 5.74) is 2.08. The zero-order chi connectivity index (χ0) is 12.4. The van der Waals surface area contributed by atoms with E-state index in [0.717, 1.165) is 11.1 Å². The van der Waals surface area contributed by atoms with Crippen LogP contribution < -0.4 is 0 Å². The largest absolute Gasteiger partial charge is 0.462 e. The summed E-state index contributed by atoms with van der Waals surface area (Å²) in [6.07, 6.45) is -0.541. The SMILES string of the molecule is C=C1OC(c2ccccc2)OC1c1ccccc1. The highest BCUT2D eigenvalue weighted by Gasteiger charge is 2.32. The van der Waals surface area contributed by atoms with Crippen LogP contribution in [0.4, 0.5) is 0 Å². The van der Waals surface area contributed by atoms with E-state index in [0.29, 0.717) is 5.76 Å². The third kappa shape index (κ3) is 2.03. The monoisotopic (exact) mass is 238 g/mol. The maximum Gasteiger partial charge on any atom is 0.227 e. The van der Waals surface area contributed by atoms with Gasteiger partial charge in [0.1, 0.15) is 11.9 Å². The molecule has 18 heavy (non-hydrogen) atoms. The quantitative estimate of drug-likeness (QED) is 0.787. The summed E-state index contributed by atoms with van der Waals surface area (Å²) < 4.78 is 11.6. The Morgan fingerprint density at radius 2 is 1.33 bits per heavy atom. The maximum absolute atomic E-state index is 5.92. The van der Waals surface area contributed by atoms with Gasteiger partial charge in [0.25, 0.3) is 0 Å². The molecule has 1 aliphatic rings. The molecule has 0 amide bonds. The molecule has 2 aromatic carbocycles. The second-order valence-corrected chi connectivity index (χ2v) is 4.25. The minimum Gasteiger partial charge on any atom is -0.462 e. The Labute approximate surface area is 106 Å². The molecule has 1 saturated heterocycles. The second kappa shape index (κ2) is 4.67. The highest BCUT2D eigenvalue weighted by molar-refractivity contribution is 5.26. The van der Waals surface area contributed by atoms with E-state index in [2.05, 4.69) is 6.58 Å². The predicted molar refractivity (Wildman–Crippen MR) is 69.7 cm³/mol. The van der Waals surface area contributed by atoms with Crippen LogP contribution in [-0.4, -0.2) is 0 Å². The first kappa shape index (κ1) is 11.1. The van der Waals surface area contributed by atoms with Gasteiger partial charge in [0.05, 0.1) is 0 Å². The average molecular weight is 238 g/mol. The molecule has 90 valence electrons. The van der Waals surface area contributed by atoms with Gasteiger partial charge in [0, 0.05) is 5.56 Å². The van der Waals surface area contributed by atoms with E-state index in [-0.39, 0.29) is 12.4 Å². The lowest BCUT2D eigenvalue weighted by Gasteiger charge is -2.10. The van der Waals surface area contributed by atoms with Crippen molar-refractivity contribution in [3.8, 4) is 0 Å². The van der Waals surface area contributed by atoms with Gasteiger partial charge in [-0.15, -0.1) is 0 Å². The summed E-state index contributed by atoms with van der Waals surface area (Å²) in [6.45, 7) is 3.94. The van der Waals surface area contributed by atoms with Crippen LogP contribution >= 0.6 is 0 Å². The highest BCUT2D eigenvalue weighted by atomic mass is 16.7. The molecule has 0 saturated carbocycles. The van der Waals surface area contributed by atoms with Crippen LogP contribution in [0.5, 0.6) is 0 Å². The zero-order valence-corrected chi connectivity index (χ0v) is 9.95. The fourth-order valence-electron chi connectivity index (χ4n) is 2.08. The van der Waals surface area contributed by atoms with Crippen molar-refractivity contribution < 1.29 is 9.47 Å². The highest BCUT2D eigenvalue weighted by Crippen LogP contribution is 2.41. The molecule has 2 aromatic rings. The van der Waals surface area contributed by atoms with Crippen molar-refractivity contribution in [3.05, 3.63) is 84.1 Å². The van der Waals surface area contributed by atoms with Crippen LogP contribution in [0.15, 0.2) is 73.0 Å². The minimum atomic E-state index is -0.357. The molecule has 0 aromatic heterocycles. The summed E-state index contributed by atoms with van der Waals surface area (Å²) in [7, 11) is 0. The fraction of sp³-hybridized carbons (Fsp3) is 0.125. The smallest absolute Gasteiger partial charge is 0.227 e. The molecule has 0 bridgehead atoms. The van der Waals surface area contributed by atoms with Gasteiger partial charge in [-0.05, 0) is 5.56 Å². The first-order valence-electron chi connectivity index (χ1n) is 5.95. The summed E-state index contributed by atoms with van der Waals surface area (Å²) in [5, 5.41) is 0. The first-order chi connectivity index (χ1) is 8.84. The molecule has 0 N–H and O–H groups in total. The van der Waals surface area contributed by atoms with E-state index in [4.69, 9.17) is 9.47 Å². The van der Waals surface area contributed by atoms with Crippen LogP contribution in [0.3, 0.4) is 0 Å². The molecule has 2 atom stereocenters. The maximum atomic E-state index is 5.92. The zero-order valence-electron chi connectivity index (χ0n) is 9.95. The van der Waals surface area contributed by atoms with Crippen molar-refractivity contribution in [1.29, 1.82) is 0 Å². The Hall–Kier alpha value is -2.06. The van der Waals surface area contributed by atoms with Crippen LogP contribution in [0, 0.1) is 0 Å². The van der Waals surface area contributed by atoms with Crippen molar-refractivity contribution in [2.24, 2.45) is 0 Å². The van der Waals surface area contributed by atoms with Crippen molar-refractivity contribution in [2.75, 3.05) is 0 Å². The molecule has 2 nitrogen and oxygen atoms in total.